The molecule has 14 heavy (non-hydrogen) atoms. The van der Waals surface area contributed by atoms with Crippen LogP contribution >= 0.6 is 0 Å². The van der Waals surface area contributed by atoms with Crippen LogP contribution in [0, 0.1) is 5.92 Å². The number of nitrogens with two attached hydrogens (primary N) is 1. The van der Waals surface area contributed by atoms with E-state index in [0.717, 1.165) is 25.1 Å². The van der Waals surface area contributed by atoms with Crippen molar-refractivity contribution >= 4 is 0 Å². The van der Waals surface area contributed by atoms with Crippen molar-refractivity contribution in [2.24, 2.45) is 11.7 Å². The fourth-order valence-corrected chi connectivity index (χ4v) is 2.28. The second kappa shape index (κ2) is 4.00. The molecule has 1 aliphatic carbocycles. The number of nitrogens with one attached hydrogen (secondary N) is 2. The van der Waals surface area contributed by atoms with Gasteiger partial charge in [0.2, 0.25) is 0 Å². The monoisotopic (exact) mass is 195 g/mol. The summed E-state index contributed by atoms with van der Waals surface area (Å²) in [5, 5.41) is 5.53. The van der Waals surface area contributed by atoms with E-state index in [4.69, 9.17) is 5.73 Å². The van der Waals surface area contributed by atoms with Gasteiger partial charge in [-0.1, -0.05) is 0 Å². The first-order valence-corrected chi connectivity index (χ1v) is 5.27. The Kier molecular flexibility index (Phi) is 2.72. The third-order valence-electron chi connectivity index (χ3n) is 3.24. The van der Waals surface area contributed by atoms with Gasteiger partial charge in [0.15, 0.2) is 0 Å². The Morgan fingerprint density at radius 1 is 1.29 bits per heavy atom. The van der Waals surface area contributed by atoms with Crippen LogP contribution in [-0.4, -0.2) is 16.7 Å². The molecule has 0 radical (unpaired) electrons. The van der Waals surface area contributed by atoms with E-state index >= 15 is 0 Å². The second-order valence-corrected chi connectivity index (χ2v) is 4.17. The zero-order valence-electron chi connectivity index (χ0n) is 8.25. The topological polar surface area (TPSA) is 74.7 Å². The number of hydrogen-bond acceptors (Lipinski definition) is 2. The van der Waals surface area contributed by atoms with Gasteiger partial charge in [0.25, 0.3) is 5.56 Å². The van der Waals surface area contributed by atoms with E-state index in [1.807, 2.05) is 0 Å². The third kappa shape index (κ3) is 1.90. The van der Waals surface area contributed by atoms with E-state index < -0.39 is 0 Å². The first-order chi connectivity index (χ1) is 6.79. The number of H-pyrrole nitrogens is 2. The predicted molar refractivity (Wildman–Crippen MR) is 55.2 cm³/mol. The highest BCUT2D eigenvalue weighted by Crippen LogP contribution is 2.33. The molecule has 1 aromatic rings. The minimum Gasteiger partial charge on any atom is -0.330 e. The van der Waals surface area contributed by atoms with Crippen molar-refractivity contribution in [1.82, 2.24) is 10.2 Å². The third-order valence-corrected chi connectivity index (χ3v) is 3.24. The molecule has 0 unspecified atom stereocenters. The Balaban J connectivity index is 1.98. The smallest absolute Gasteiger partial charge is 0.264 e. The Hall–Kier alpha value is -1.03. The Morgan fingerprint density at radius 3 is 2.50 bits per heavy atom. The molecule has 1 heterocycles. The first kappa shape index (κ1) is 9.52. The Labute approximate surface area is 82.9 Å². The molecule has 1 aromatic heterocycles. The average Bonchev–Trinajstić information content (AvgIpc) is 2.65. The summed E-state index contributed by atoms with van der Waals surface area (Å²) in [6.45, 7) is 0.802. The minimum atomic E-state index is -0.0269. The predicted octanol–water partition coefficient (Wildman–Crippen LogP) is 0.936. The largest absolute Gasteiger partial charge is 0.330 e. The van der Waals surface area contributed by atoms with Crippen LogP contribution in [-0.2, 0) is 0 Å². The van der Waals surface area contributed by atoms with E-state index in [2.05, 4.69) is 10.2 Å². The maximum Gasteiger partial charge on any atom is 0.264 e. The average molecular weight is 195 g/mol. The van der Waals surface area contributed by atoms with Gasteiger partial charge in [-0.25, -0.2) is 0 Å². The van der Waals surface area contributed by atoms with Gasteiger partial charge in [-0.3, -0.25) is 9.89 Å². The highest BCUT2D eigenvalue weighted by molar-refractivity contribution is 5.06. The molecule has 0 spiro atoms. The van der Waals surface area contributed by atoms with Gasteiger partial charge >= 0.3 is 0 Å². The van der Waals surface area contributed by atoms with Crippen molar-refractivity contribution in [3.05, 3.63) is 22.1 Å². The SMILES string of the molecule is NCC1CCC(c2cc(=O)[nH][nH]2)CC1. The summed E-state index contributed by atoms with van der Waals surface area (Å²) < 4.78 is 0. The molecular weight excluding hydrogens is 178 g/mol. The molecule has 4 N–H and O–H groups in total. The van der Waals surface area contributed by atoms with Crippen LogP contribution in [0.1, 0.15) is 37.3 Å². The number of aromatic amines is 2. The maximum absolute atomic E-state index is 10.9. The van der Waals surface area contributed by atoms with Gasteiger partial charge in [-0.05, 0) is 38.1 Å². The molecule has 0 amide bonds. The van der Waals surface area contributed by atoms with Crippen LogP contribution in [0.2, 0.25) is 0 Å². The lowest BCUT2D eigenvalue weighted by molar-refractivity contribution is 0.329. The molecule has 78 valence electrons. The second-order valence-electron chi connectivity index (χ2n) is 4.17. The van der Waals surface area contributed by atoms with Gasteiger partial charge in [0, 0.05) is 17.7 Å². The standard InChI is InChI=1S/C10H17N3O/c11-6-7-1-3-8(4-2-7)9-5-10(14)13-12-9/h5,7-8H,1-4,6,11H2,(H2,12,13,14). The fraction of sp³-hybridized carbons (Fsp3) is 0.700. The highest BCUT2D eigenvalue weighted by Gasteiger charge is 2.22. The number of aromatic nitrogens is 2. The van der Waals surface area contributed by atoms with Crippen molar-refractivity contribution in [2.75, 3.05) is 6.54 Å². The van der Waals surface area contributed by atoms with E-state index in [1.54, 1.807) is 6.07 Å². The Morgan fingerprint density at radius 2 is 2.00 bits per heavy atom. The zero-order valence-corrected chi connectivity index (χ0v) is 8.25. The van der Waals surface area contributed by atoms with Crippen LogP contribution in [0.25, 0.3) is 0 Å². The molecule has 1 saturated carbocycles. The lowest BCUT2D eigenvalue weighted by atomic mass is 9.81. The van der Waals surface area contributed by atoms with Crippen LogP contribution in [0.15, 0.2) is 10.9 Å². The summed E-state index contributed by atoms with van der Waals surface area (Å²) in [5.74, 6) is 1.22. The van der Waals surface area contributed by atoms with Crippen LogP contribution in [0.4, 0.5) is 0 Å². The number of hydrogen-bond donors (Lipinski definition) is 3. The van der Waals surface area contributed by atoms with Crippen molar-refractivity contribution in [3.63, 3.8) is 0 Å². The molecule has 1 fully saturated rings. The zero-order chi connectivity index (χ0) is 9.97. The molecule has 0 atom stereocenters. The first-order valence-electron chi connectivity index (χ1n) is 5.27. The highest BCUT2D eigenvalue weighted by atomic mass is 16.1. The van der Waals surface area contributed by atoms with Crippen molar-refractivity contribution in [1.29, 1.82) is 0 Å². The summed E-state index contributed by atoms with van der Waals surface area (Å²) in [6.07, 6.45) is 4.67. The van der Waals surface area contributed by atoms with E-state index in [-0.39, 0.29) is 5.56 Å². The molecule has 0 bridgehead atoms. The number of rotatable bonds is 2. The summed E-state index contributed by atoms with van der Waals surface area (Å²) in [6, 6.07) is 1.67. The van der Waals surface area contributed by atoms with Gasteiger partial charge < -0.3 is 10.8 Å². The van der Waals surface area contributed by atoms with Crippen LogP contribution < -0.4 is 11.3 Å². The molecule has 0 saturated heterocycles. The molecule has 2 rings (SSSR count). The Bertz CT molecular complexity index is 333. The van der Waals surface area contributed by atoms with E-state index in [9.17, 15) is 4.79 Å². The van der Waals surface area contributed by atoms with Crippen LogP contribution in [0.3, 0.4) is 0 Å². The molecular formula is C10H17N3O. The minimum absolute atomic E-state index is 0.0269. The summed E-state index contributed by atoms with van der Waals surface area (Å²) in [4.78, 5) is 10.9. The van der Waals surface area contributed by atoms with Crippen molar-refractivity contribution < 1.29 is 0 Å². The van der Waals surface area contributed by atoms with E-state index in [1.165, 1.54) is 12.8 Å². The van der Waals surface area contributed by atoms with Gasteiger partial charge in [-0.15, -0.1) is 0 Å². The molecule has 0 aromatic carbocycles. The molecule has 0 aliphatic heterocycles. The quantitative estimate of drug-likeness (QED) is 0.657. The van der Waals surface area contributed by atoms with Gasteiger partial charge in [0.1, 0.15) is 0 Å². The molecule has 1 aliphatic rings. The van der Waals surface area contributed by atoms with Gasteiger partial charge in [0.05, 0.1) is 0 Å². The van der Waals surface area contributed by atoms with Crippen molar-refractivity contribution in [2.45, 2.75) is 31.6 Å². The van der Waals surface area contributed by atoms with Crippen molar-refractivity contribution in [3.8, 4) is 0 Å². The summed E-state index contributed by atoms with van der Waals surface area (Å²) in [5.41, 5.74) is 6.66. The summed E-state index contributed by atoms with van der Waals surface area (Å²) >= 11 is 0. The molecule has 4 nitrogen and oxygen atoms in total. The van der Waals surface area contributed by atoms with E-state index in [0.29, 0.717) is 11.8 Å². The van der Waals surface area contributed by atoms with Gasteiger partial charge in [-0.2, -0.15) is 0 Å². The maximum atomic E-state index is 10.9. The normalized spacial score (nSPS) is 27.8. The van der Waals surface area contributed by atoms with Crippen LogP contribution in [0.5, 0.6) is 0 Å². The lowest BCUT2D eigenvalue weighted by Gasteiger charge is -2.26. The lowest BCUT2D eigenvalue weighted by Crippen LogP contribution is -2.20. The summed E-state index contributed by atoms with van der Waals surface area (Å²) in [7, 11) is 0. The molecule has 4 heteroatoms. The fourth-order valence-electron chi connectivity index (χ4n) is 2.28.